The zero-order chi connectivity index (χ0) is 13.7. The molecule has 1 aliphatic carbocycles. The van der Waals surface area contributed by atoms with E-state index in [9.17, 15) is 9.59 Å². The van der Waals surface area contributed by atoms with E-state index in [1.807, 2.05) is 6.08 Å². The van der Waals surface area contributed by atoms with Gasteiger partial charge < -0.3 is 9.47 Å². The molecule has 0 aromatic heterocycles. The fraction of sp³-hybridized carbons (Fsp3) is 0.333. The van der Waals surface area contributed by atoms with E-state index in [1.54, 1.807) is 18.2 Å². The highest BCUT2D eigenvalue weighted by molar-refractivity contribution is 5.90. The van der Waals surface area contributed by atoms with Crippen molar-refractivity contribution >= 4 is 12.3 Å². The number of ether oxygens (including phenoxy) is 2. The van der Waals surface area contributed by atoms with Crippen molar-refractivity contribution in [2.75, 3.05) is 7.11 Å². The zero-order valence-corrected chi connectivity index (χ0v) is 10.8. The van der Waals surface area contributed by atoms with Gasteiger partial charge in [-0.25, -0.2) is 4.79 Å². The molecule has 1 aromatic carbocycles. The number of carbonyl (C=O) groups excluding carboxylic acids is 2. The van der Waals surface area contributed by atoms with E-state index in [4.69, 9.17) is 9.47 Å². The predicted molar refractivity (Wildman–Crippen MR) is 70.6 cm³/mol. The van der Waals surface area contributed by atoms with Gasteiger partial charge in [-0.1, -0.05) is 6.08 Å². The van der Waals surface area contributed by atoms with Crippen molar-refractivity contribution in [1.29, 1.82) is 0 Å². The first-order valence-electron chi connectivity index (χ1n) is 6.29. The molecule has 0 atom stereocenters. The molecular weight excluding hydrogens is 244 g/mol. The number of methoxy groups -OCH3 is 1. The third kappa shape index (κ3) is 3.22. The smallest absolute Gasteiger partial charge is 0.339 e. The normalized spacial score (nSPS) is 14.5. The number of aldehydes is 1. The third-order valence-electron chi connectivity index (χ3n) is 3.08. The van der Waals surface area contributed by atoms with Crippen LogP contribution >= 0.6 is 0 Å². The van der Waals surface area contributed by atoms with Crippen LogP contribution in [0.5, 0.6) is 11.5 Å². The molecule has 0 fully saturated rings. The standard InChI is InChI=1S/C15H16O4/c1-18-14-9-11(10-16)7-8-13(14)19-15(17)12-5-3-2-4-6-12/h5,7-10H,2-4,6H2,1H3. The van der Waals surface area contributed by atoms with Crippen molar-refractivity contribution in [3.8, 4) is 11.5 Å². The Morgan fingerprint density at radius 1 is 1.26 bits per heavy atom. The second kappa shape index (κ2) is 6.18. The van der Waals surface area contributed by atoms with Crippen LogP contribution in [0.15, 0.2) is 29.8 Å². The lowest BCUT2D eigenvalue weighted by Crippen LogP contribution is -2.13. The summed E-state index contributed by atoms with van der Waals surface area (Å²) in [5, 5.41) is 0. The monoisotopic (exact) mass is 260 g/mol. The maximum absolute atomic E-state index is 12.0. The molecule has 0 N–H and O–H groups in total. The average molecular weight is 260 g/mol. The Balaban J connectivity index is 2.16. The van der Waals surface area contributed by atoms with E-state index in [2.05, 4.69) is 0 Å². The highest BCUT2D eigenvalue weighted by Crippen LogP contribution is 2.29. The molecule has 100 valence electrons. The number of carbonyl (C=O) groups is 2. The van der Waals surface area contributed by atoms with Gasteiger partial charge in [0.2, 0.25) is 0 Å². The Kier molecular flexibility index (Phi) is 4.34. The number of hydrogen-bond acceptors (Lipinski definition) is 4. The topological polar surface area (TPSA) is 52.6 Å². The van der Waals surface area contributed by atoms with Gasteiger partial charge in [-0.2, -0.15) is 0 Å². The highest BCUT2D eigenvalue weighted by atomic mass is 16.6. The molecule has 0 saturated heterocycles. The molecular formula is C15H16O4. The van der Waals surface area contributed by atoms with Gasteiger partial charge in [0.15, 0.2) is 11.5 Å². The fourth-order valence-electron chi connectivity index (χ4n) is 2.03. The maximum Gasteiger partial charge on any atom is 0.339 e. The number of benzene rings is 1. The molecule has 0 bridgehead atoms. The van der Waals surface area contributed by atoms with Crippen LogP contribution in [0.3, 0.4) is 0 Å². The van der Waals surface area contributed by atoms with Gasteiger partial charge in [-0.15, -0.1) is 0 Å². The molecule has 4 heteroatoms. The second-order valence-electron chi connectivity index (χ2n) is 4.39. The summed E-state index contributed by atoms with van der Waals surface area (Å²) in [4.78, 5) is 22.7. The van der Waals surface area contributed by atoms with Gasteiger partial charge in [0.1, 0.15) is 6.29 Å². The van der Waals surface area contributed by atoms with Crippen LogP contribution in [-0.2, 0) is 4.79 Å². The summed E-state index contributed by atoms with van der Waals surface area (Å²) >= 11 is 0. The van der Waals surface area contributed by atoms with E-state index in [0.29, 0.717) is 22.6 Å². The van der Waals surface area contributed by atoms with Crippen molar-refractivity contribution in [3.05, 3.63) is 35.4 Å². The second-order valence-corrected chi connectivity index (χ2v) is 4.39. The Morgan fingerprint density at radius 2 is 2.11 bits per heavy atom. The lowest BCUT2D eigenvalue weighted by molar-refractivity contribution is -0.130. The predicted octanol–water partition coefficient (Wildman–Crippen LogP) is 2.91. The van der Waals surface area contributed by atoms with Crippen molar-refractivity contribution in [3.63, 3.8) is 0 Å². The van der Waals surface area contributed by atoms with Crippen LogP contribution in [0.25, 0.3) is 0 Å². The largest absolute Gasteiger partial charge is 0.493 e. The van der Waals surface area contributed by atoms with E-state index >= 15 is 0 Å². The Bertz CT molecular complexity index is 517. The third-order valence-corrected chi connectivity index (χ3v) is 3.08. The van der Waals surface area contributed by atoms with E-state index < -0.39 is 0 Å². The van der Waals surface area contributed by atoms with E-state index in [-0.39, 0.29) is 5.97 Å². The molecule has 0 unspecified atom stereocenters. The Hall–Kier alpha value is -2.10. The van der Waals surface area contributed by atoms with Crippen LogP contribution < -0.4 is 9.47 Å². The first-order valence-corrected chi connectivity index (χ1v) is 6.29. The number of esters is 1. The molecule has 0 radical (unpaired) electrons. The number of allylic oxidation sites excluding steroid dienone is 1. The van der Waals surface area contributed by atoms with Crippen LogP contribution in [0.1, 0.15) is 36.0 Å². The molecule has 0 spiro atoms. The SMILES string of the molecule is COc1cc(C=O)ccc1OC(=O)C1=CCCCC1. The van der Waals surface area contributed by atoms with Crippen LogP contribution in [-0.4, -0.2) is 19.4 Å². The minimum atomic E-state index is -0.336. The summed E-state index contributed by atoms with van der Waals surface area (Å²) in [5.41, 5.74) is 1.20. The van der Waals surface area contributed by atoms with Gasteiger partial charge in [0.25, 0.3) is 0 Å². The minimum absolute atomic E-state index is 0.336. The van der Waals surface area contributed by atoms with Gasteiger partial charge in [-0.05, 0) is 43.9 Å². The minimum Gasteiger partial charge on any atom is -0.493 e. The summed E-state index contributed by atoms with van der Waals surface area (Å²) in [7, 11) is 1.47. The molecule has 0 heterocycles. The van der Waals surface area contributed by atoms with Crippen molar-refractivity contribution < 1.29 is 19.1 Å². The molecule has 19 heavy (non-hydrogen) atoms. The zero-order valence-electron chi connectivity index (χ0n) is 10.8. The summed E-state index contributed by atoms with van der Waals surface area (Å²) in [5.74, 6) is 0.385. The molecule has 2 rings (SSSR count). The van der Waals surface area contributed by atoms with Crippen LogP contribution in [0.2, 0.25) is 0 Å². The van der Waals surface area contributed by atoms with Crippen molar-refractivity contribution in [2.45, 2.75) is 25.7 Å². The number of hydrogen-bond donors (Lipinski definition) is 0. The first kappa shape index (κ1) is 13.3. The summed E-state index contributed by atoms with van der Waals surface area (Å²) < 4.78 is 10.4. The average Bonchev–Trinajstić information content (AvgIpc) is 2.48. The van der Waals surface area contributed by atoms with Crippen LogP contribution in [0.4, 0.5) is 0 Å². The van der Waals surface area contributed by atoms with Crippen molar-refractivity contribution in [1.82, 2.24) is 0 Å². The lowest BCUT2D eigenvalue weighted by Gasteiger charge is -2.13. The lowest BCUT2D eigenvalue weighted by atomic mass is 10.00. The van der Waals surface area contributed by atoms with Gasteiger partial charge >= 0.3 is 5.97 Å². The van der Waals surface area contributed by atoms with Crippen LogP contribution in [0, 0.1) is 0 Å². The number of rotatable bonds is 4. The van der Waals surface area contributed by atoms with Gasteiger partial charge in [0.05, 0.1) is 7.11 Å². The summed E-state index contributed by atoms with van der Waals surface area (Å²) in [6, 6.07) is 4.71. The molecule has 0 amide bonds. The summed E-state index contributed by atoms with van der Waals surface area (Å²) in [6.07, 6.45) is 6.46. The summed E-state index contributed by atoms with van der Waals surface area (Å²) in [6.45, 7) is 0. The Labute approximate surface area is 112 Å². The van der Waals surface area contributed by atoms with Gasteiger partial charge in [-0.3, -0.25) is 4.79 Å². The molecule has 1 aromatic rings. The van der Waals surface area contributed by atoms with E-state index in [0.717, 1.165) is 32.0 Å². The highest BCUT2D eigenvalue weighted by Gasteiger charge is 2.16. The van der Waals surface area contributed by atoms with Crippen molar-refractivity contribution in [2.24, 2.45) is 0 Å². The quantitative estimate of drug-likeness (QED) is 0.474. The molecule has 4 nitrogen and oxygen atoms in total. The fourth-order valence-corrected chi connectivity index (χ4v) is 2.03. The van der Waals surface area contributed by atoms with Gasteiger partial charge in [0, 0.05) is 11.1 Å². The first-order chi connectivity index (χ1) is 9.24. The Morgan fingerprint density at radius 3 is 2.74 bits per heavy atom. The van der Waals surface area contributed by atoms with E-state index in [1.165, 1.54) is 7.11 Å². The molecule has 0 saturated carbocycles. The molecule has 0 aliphatic heterocycles. The maximum atomic E-state index is 12.0. The molecule has 1 aliphatic rings.